The third-order valence-corrected chi connectivity index (χ3v) is 3.35. The van der Waals surface area contributed by atoms with Gasteiger partial charge >= 0.3 is 0 Å². The van der Waals surface area contributed by atoms with Gasteiger partial charge in [0.15, 0.2) is 0 Å². The summed E-state index contributed by atoms with van der Waals surface area (Å²) >= 11 is 3.51. The number of nitrogens with one attached hydrogen (secondary N) is 2. The number of halogens is 1. The summed E-state index contributed by atoms with van der Waals surface area (Å²) in [6, 6.07) is 0. The number of anilines is 2. The van der Waals surface area contributed by atoms with E-state index in [1.165, 1.54) is 5.56 Å². The van der Waals surface area contributed by atoms with Gasteiger partial charge in [0.25, 0.3) is 0 Å². The van der Waals surface area contributed by atoms with Crippen molar-refractivity contribution < 1.29 is 0 Å². The molecule has 0 aliphatic rings. The lowest BCUT2D eigenvalue weighted by atomic mass is 10.2. The fraction of sp³-hybridized carbons (Fsp3) is 0.417. The van der Waals surface area contributed by atoms with Gasteiger partial charge in [-0.3, -0.25) is 4.68 Å². The van der Waals surface area contributed by atoms with Crippen molar-refractivity contribution in [3.63, 3.8) is 0 Å². The fourth-order valence-corrected chi connectivity index (χ4v) is 2.20. The van der Waals surface area contributed by atoms with Crippen LogP contribution in [0.3, 0.4) is 0 Å². The molecule has 0 aromatic carbocycles. The van der Waals surface area contributed by atoms with Crippen molar-refractivity contribution >= 4 is 27.6 Å². The highest BCUT2D eigenvalue weighted by Crippen LogP contribution is 2.26. The maximum atomic E-state index is 4.23. The van der Waals surface area contributed by atoms with Gasteiger partial charge in [-0.2, -0.15) is 5.10 Å². The van der Waals surface area contributed by atoms with Gasteiger partial charge < -0.3 is 10.6 Å². The minimum atomic E-state index is 0.798. The summed E-state index contributed by atoms with van der Waals surface area (Å²) in [6.45, 7) is 3.65. The van der Waals surface area contributed by atoms with Crippen LogP contribution in [0.2, 0.25) is 0 Å². The third kappa shape index (κ3) is 3.66. The molecule has 2 N–H and O–H groups in total. The first-order valence-electron chi connectivity index (χ1n) is 6.16. The molecule has 0 spiro atoms. The molecular weight excluding hydrogens is 308 g/mol. The molecule has 0 saturated heterocycles. The summed E-state index contributed by atoms with van der Waals surface area (Å²) in [5.74, 6) is 1.61. The lowest BCUT2D eigenvalue weighted by Gasteiger charge is -2.10. The van der Waals surface area contributed by atoms with E-state index in [4.69, 9.17) is 0 Å². The second-order valence-corrected chi connectivity index (χ2v) is 4.91. The normalized spacial score (nSPS) is 10.5. The number of hydrogen-bond donors (Lipinski definition) is 2. The molecule has 0 atom stereocenters. The molecule has 2 aromatic heterocycles. The molecule has 2 aromatic rings. The van der Waals surface area contributed by atoms with Crippen molar-refractivity contribution in [3.05, 3.63) is 28.8 Å². The predicted octanol–water partition coefficient (Wildman–Crippen LogP) is 2.06. The number of rotatable bonds is 6. The average Bonchev–Trinajstić information content (AvgIpc) is 2.80. The van der Waals surface area contributed by atoms with Crippen molar-refractivity contribution in [2.45, 2.75) is 13.3 Å². The van der Waals surface area contributed by atoms with Crippen LogP contribution in [0.1, 0.15) is 12.5 Å². The Labute approximate surface area is 120 Å². The van der Waals surface area contributed by atoms with E-state index >= 15 is 0 Å². The summed E-state index contributed by atoms with van der Waals surface area (Å²) in [5.41, 5.74) is 1.20. The Morgan fingerprint density at radius 3 is 2.63 bits per heavy atom. The molecule has 0 aliphatic carbocycles. The van der Waals surface area contributed by atoms with Crippen LogP contribution in [0.5, 0.6) is 0 Å². The van der Waals surface area contributed by atoms with E-state index in [1.54, 1.807) is 11.0 Å². The maximum Gasteiger partial charge on any atom is 0.145 e. The SMILES string of the molecule is CCNc1ncnc(NCCc2cnn(C)c2)c1Br. The van der Waals surface area contributed by atoms with Crippen LogP contribution in [0, 0.1) is 0 Å². The van der Waals surface area contributed by atoms with Gasteiger partial charge in [-0.15, -0.1) is 0 Å². The minimum absolute atomic E-state index is 0.798. The second kappa shape index (κ2) is 6.51. The van der Waals surface area contributed by atoms with Crippen LogP contribution in [-0.2, 0) is 13.5 Å². The first-order valence-corrected chi connectivity index (χ1v) is 6.95. The average molecular weight is 325 g/mol. The highest BCUT2D eigenvalue weighted by atomic mass is 79.9. The van der Waals surface area contributed by atoms with Crippen molar-refractivity contribution in [2.75, 3.05) is 23.7 Å². The van der Waals surface area contributed by atoms with Gasteiger partial charge in [0.05, 0.1) is 6.20 Å². The van der Waals surface area contributed by atoms with Crippen molar-refractivity contribution in [1.82, 2.24) is 19.7 Å². The zero-order valence-electron chi connectivity index (χ0n) is 11.0. The number of aromatic nitrogens is 4. The van der Waals surface area contributed by atoms with Crippen LogP contribution < -0.4 is 10.6 Å². The Morgan fingerprint density at radius 1 is 1.26 bits per heavy atom. The monoisotopic (exact) mass is 324 g/mol. The van der Waals surface area contributed by atoms with Gasteiger partial charge in [-0.05, 0) is 34.8 Å². The fourth-order valence-electron chi connectivity index (χ4n) is 1.71. The number of hydrogen-bond acceptors (Lipinski definition) is 5. The third-order valence-electron chi connectivity index (χ3n) is 2.60. The molecule has 102 valence electrons. The highest BCUT2D eigenvalue weighted by molar-refractivity contribution is 9.10. The first-order chi connectivity index (χ1) is 9.20. The molecule has 0 unspecified atom stereocenters. The van der Waals surface area contributed by atoms with E-state index < -0.39 is 0 Å². The number of aryl methyl sites for hydroxylation is 1. The van der Waals surface area contributed by atoms with Gasteiger partial charge in [0.2, 0.25) is 0 Å². The lowest BCUT2D eigenvalue weighted by Crippen LogP contribution is -2.09. The molecule has 0 radical (unpaired) electrons. The molecule has 2 rings (SSSR count). The molecule has 0 amide bonds. The molecule has 2 heterocycles. The Morgan fingerprint density at radius 2 is 2.00 bits per heavy atom. The zero-order chi connectivity index (χ0) is 13.7. The van der Waals surface area contributed by atoms with E-state index in [0.717, 1.165) is 35.6 Å². The zero-order valence-corrected chi connectivity index (χ0v) is 12.6. The summed E-state index contributed by atoms with van der Waals surface area (Å²) < 4.78 is 2.67. The molecule has 0 aliphatic heterocycles. The quantitative estimate of drug-likeness (QED) is 0.851. The van der Waals surface area contributed by atoms with Crippen LogP contribution in [0.25, 0.3) is 0 Å². The van der Waals surface area contributed by atoms with Crippen LogP contribution in [0.15, 0.2) is 23.2 Å². The highest BCUT2D eigenvalue weighted by Gasteiger charge is 2.07. The van der Waals surface area contributed by atoms with Crippen molar-refractivity contribution in [3.8, 4) is 0 Å². The topological polar surface area (TPSA) is 67.7 Å². The minimum Gasteiger partial charge on any atom is -0.369 e. The molecule has 0 fully saturated rings. The van der Waals surface area contributed by atoms with Crippen molar-refractivity contribution in [2.24, 2.45) is 7.05 Å². The standard InChI is InChI=1S/C12H17BrN6/c1-3-14-11-10(13)12(17-8-16-11)15-5-4-9-6-18-19(2)7-9/h6-8H,3-5H2,1-2H3,(H2,14,15,16,17). The van der Waals surface area contributed by atoms with Crippen molar-refractivity contribution in [1.29, 1.82) is 0 Å². The largest absolute Gasteiger partial charge is 0.369 e. The molecule has 7 heteroatoms. The lowest BCUT2D eigenvalue weighted by molar-refractivity contribution is 0.767. The molecule has 0 bridgehead atoms. The van der Waals surface area contributed by atoms with Crippen LogP contribution >= 0.6 is 15.9 Å². The second-order valence-electron chi connectivity index (χ2n) is 4.11. The van der Waals surface area contributed by atoms with Gasteiger partial charge in [-0.1, -0.05) is 0 Å². The molecular formula is C12H17BrN6. The Kier molecular flexibility index (Phi) is 4.73. The van der Waals surface area contributed by atoms with Crippen LogP contribution in [-0.4, -0.2) is 32.8 Å². The summed E-state index contributed by atoms with van der Waals surface area (Å²) in [6.07, 6.45) is 6.34. The van der Waals surface area contributed by atoms with Gasteiger partial charge in [-0.25, -0.2) is 9.97 Å². The molecule has 19 heavy (non-hydrogen) atoms. The Balaban J connectivity index is 1.94. The molecule has 0 saturated carbocycles. The van der Waals surface area contributed by atoms with E-state index in [1.807, 2.05) is 26.4 Å². The summed E-state index contributed by atoms with van der Waals surface area (Å²) in [5, 5.41) is 10.6. The number of nitrogens with zero attached hydrogens (tertiary/aromatic N) is 4. The van der Waals surface area contributed by atoms with E-state index in [2.05, 4.69) is 41.6 Å². The smallest absolute Gasteiger partial charge is 0.145 e. The van der Waals surface area contributed by atoms with E-state index in [0.29, 0.717) is 0 Å². The van der Waals surface area contributed by atoms with E-state index in [-0.39, 0.29) is 0 Å². The van der Waals surface area contributed by atoms with Gasteiger partial charge in [0, 0.05) is 26.3 Å². The van der Waals surface area contributed by atoms with Gasteiger partial charge in [0.1, 0.15) is 22.4 Å². The first kappa shape index (κ1) is 13.8. The predicted molar refractivity (Wildman–Crippen MR) is 79.3 cm³/mol. The molecule has 6 nitrogen and oxygen atoms in total. The van der Waals surface area contributed by atoms with E-state index in [9.17, 15) is 0 Å². The Bertz CT molecular complexity index is 539. The summed E-state index contributed by atoms with van der Waals surface area (Å²) in [7, 11) is 1.92. The van der Waals surface area contributed by atoms with Crippen LogP contribution in [0.4, 0.5) is 11.6 Å². The Hall–Kier alpha value is -1.63. The maximum absolute atomic E-state index is 4.23. The summed E-state index contributed by atoms with van der Waals surface area (Å²) in [4.78, 5) is 8.40.